The van der Waals surface area contributed by atoms with Crippen LogP contribution in [0.1, 0.15) is 6.92 Å². The molecular weight excluding hydrogens is 100 g/mol. The van der Waals surface area contributed by atoms with Gasteiger partial charge in [0.2, 0.25) is 0 Å². The SMILES string of the molecule is C=C(C)/C=C/C(=N)N. The van der Waals surface area contributed by atoms with Crippen LogP contribution in [0.25, 0.3) is 0 Å². The largest absolute Gasteiger partial charge is 0.384 e. The summed E-state index contributed by atoms with van der Waals surface area (Å²) in [5.41, 5.74) is 5.90. The summed E-state index contributed by atoms with van der Waals surface area (Å²) in [5, 5.41) is 6.74. The van der Waals surface area contributed by atoms with Crippen molar-refractivity contribution in [1.82, 2.24) is 0 Å². The number of amidine groups is 1. The van der Waals surface area contributed by atoms with Gasteiger partial charge >= 0.3 is 0 Å². The number of nitrogens with one attached hydrogen (secondary N) is 1. The normalized spacial score (nSPS) is 9.62. The molecule has 2 nitrogen and oxygen atoms in total. The molecule has 0 amide bonds. The zero-order valence-electron chi connectivity index (χ0n) is 4.94. The number of hydrogen-bond acceptors (Lipinski definition) is 1. The van der Waals surface area contributed by atoms with Gasteiger partial charge in [0.1, 0.15) is 5.84 Å². The molecule has 0 rings (SSSR count). The van der Waals surface area contributed by atoms with Gasteiger partial charge in [0.15, 0.2) is 0 Å². The third-order valence-corrected chi connectivity index (χ3v) is 0.547. The van der Waals surface area contributed by atoms with Gasteiger partial charge in [0.25, 0.3) is 0 Å². The molecule has 0 aliphatic heterocycles. The highest BCUT2D eigenvalue weighted by Gasteiger charge is 1.74. The lowest BCUT2D eigenvalue weighted by Gasteiger charge is -1.83. The Labute approximate surface area is 49.2 Å². The van der Waals surface area contributed by atoms with E-state index in [4.69, 9.17) is 11.1 Å². The maximum atomic E-state index is 6.74. The van der Waals surface area contributed by atoms with Crippen molar-refractivity contribution in [2.24, 2.45) is 5.73 Å². The van der Waals surface area contributed by atoms with Crippen LogP contribution < -0.4 is 5.73 Å². The summed E-state index contributed by atoms with van der Waals surface area (Å²) in [7, 11) is 0. The Balaban J connectivity index is 3.67. The minimum absolute atomic E-state index is 0.0630. The first-order valence-corrected chi connectivity index (χ1v) is 2.30. The van der Waals surface area contributed by atoms with Crippen LogP contribution in [-0.4, -0.2) is 5.84 Å². The molecule has 0 radical (unpaired) electrons. The number of hydrogen-bond donors (Lipinski definition) is 2. The Morgan fingerprint density at radius 2 is 2.12 bits per heavy atom. The molecule has 0 saturated carbocycles. The molecule has 0 heterocycles. The smallest absolute Gasteiger partial charge is 0.115 e. The van der Waals surface area contributed by atoms with Gasteiger partial charge in [-0.15, -0.1) is 0 Å². The number of nitrogens with two attached hydrogens (primary N) is 1. The van der Waals surface area contributed by atoms with E-state index < -0.39 is 0 Å². The standard InChI is InChI=1S/C6H10N2/c1-5(2)3-4-6(7)8/h3-4H,1H2,2H3,(H3,7,8)/b4-3+. The highest BCUT2D eigenvalue weighted by atomic mass is 14.7. The highest BCUT2D eigenvalue weighted by molar-refractivity contribution is 5.88. The van der Waals surface area contributed by atoms with E-state index in [1.807, 2.05) is 6.92 Å². The van der Waals surface area contributed by atoms with E-state index >= 15 is 0 Å². The van der Waals surface area contributed by atoms with Crippen LogP contribution in [0.15, 0.2) is 24.3 Å². The summed E-state index contributed by atoms with van der Waals surface area (Å²) in [6.07, 6.45) is 3.20. The van der Waals surface area contributed by atoms with Crippen LogP contribution in [0, 0.1) is 5.41 Å². The van der Waals surface area contributed by atoms with Crippen molar-refractivity contribution in [3.8, 4) is 0 Å². The first-order chi connectivity index (χ1) is 3.63. The van der Waals surface area contributed by atoms with Gasteiger partial charge in [0, 0.05) is 0 Å². The lowest BCUT2D eigenvalue weighted by atomic mass is 10.3. The number of allylic oxidation sites excluding steroid dienone is 2. The predicted octanol–water partition coefficient (Wildman–Crippen LogP) is 1.05. The van der Waals surface area contributed by atoms with Crippen molar-refractivity contribution < 1.29 is 0 Å². The monoisotopic (exact) mass is 110 g/mol. The van der Waals surface area contributed by atoms with Gasteiger partial charge < -0.3 is 5.73 Å². The molecule has 0 atom stereocenters. The van der Waals surface area contributed by atoms with Gasteiger partial charge in [-0.25, -0.2) is 0 Å². The maximum Gasteiger partial charge on any atom is 0.115 e. The molecule has 0 aromatic rings. The average Bonchev–Trinajstić information content (AvgIpc) is 1.61. The Bertz CT molecular complexity index is 117. The summed E-state index contributed by atoms with van der Waals surface area (Å²) in [6.45, 7) is 5.43. The third kappa shape index (κ3) is 4.95. The van der Waals surface area contributed by atoms with E-state index in [1.165, 1.54) is 6.08 Å². The van der Waals surface area contributed by atoms with E-state index in [0.717, 1.165) is 5.57 Å². The summed E-state index contributed by atoms with van der Waals surface area (Å²) in [4.78, 5) is 0. The van der Waals surface area contributed by atoms with Crippen molar-refractivity contribution in [2.45, 2.75) is 6.92 Å². The fourth-order valence-corrected chi connectivity index (χ4v) is 0.232. The maximum absolute atomic E-state index is 6.74. The minimum Gasteiger partial charge on any atom is -0.384 e. The van der Waals surface area contributed by atoms with E-state index in [1.54, 1.807) is 6.08 Å². The van der Waals surface area contributed by atoms with Crippen molar-refractivity contribution in [1.29, 1.82) is 5.41 Å². The van der Waals surface area contributed by atoms with Gasteiger partial charge in [0.05, 0.1) is 0 Å². The molecule has 44 valence electrons. The van der Waals surface area contributed by atoms with Crippen LogP contribution in [0.4, 0.5) is 0 Å². The van der Waals surface area contributed by atoms with E-state index in [9.17, 15) is 0 Å². The summed E-state index contributed by atoms with van der Waals surface area (Å²) in [5.74, 6) is 0.0630. The average molecular weight is 110 g/mol. The molecule has 0 aliphatic carbocycles. The second-order valence-corrected chi connectivity index (χ2v) is 1.64. The zero-order valence-corrected chi connectivity index (χ0v) is 4.94. The van der Waals surface area contributed by atoms with Crippen LogP contribution in [0.5, 0.6) is 0 Å². The van der Waals surface area contributed by atoms with Gasteiger partial charge in [-0.3, -0.25) is 5.41 Å². The van der Waals surface area contributed by atoms with Crippen molar-refractivity contribution in [3.63, 3.8) is 0 Å². The quantitative estimate of drug-likeness (QED) is 0.311. The van der Waals surface area contributed by atoms with Crippen LogP contribution in [0.3, 0.4) is 0 Å². The Morgan fingerprint density at radius 3 is 2.25 bits per heavy atom. The van der Waals surface area contributed by atoms with Crippen LogP contribution >= 0.6 is 0 Å². The second-order valence-electron chi connectivity index (χ2n) is 1.64. The van der Waals surface area contributed by atoms with Gasteiger partial charge in [-0.1, -0.05) is 18.2 Å². The molecule has 0 spiro atoms. The number of rotatable bonds is 2. The van der Waals surface area contributed by atoms with Crippen molar-refractivity contribution in [2.75, 3.05) is 0 Å². The Morgan fingerprint density at radius 1 is 1.62 bits per heavy atom. The van der Waals surface area contributed by atoms with Crippen molar-refractivity contribution >= 4 is 5.84 Å². The highest BCUT2D eigenvalue weighted by Crippen LogP contribution is 1.86. The lowest BCUT2D eigenvalue weighted by Crippen LogP contribution is -2.03. The molecule has 0 aromatic heterocycles. The topological polar surface area (TPSA) is 49.9 Å². The van der Waals surface area contributed by atoms with Crippen LogP contribution in [-0.2, 0) is 0 Å². The molecule has 0 bridgehead atoms. The molecular formula is C6H10N2. The van der Waals surface area contributed by atoms with Gasteiger partial charge in [-0.05, 0) is 13.0 Å². The van der Waals surface area contributed by atoms with E-state index in [2.05, 4.69) is 6.58 Å². The van der Waals surface area contributed by atoms with E-state index in [0.29, 0.717) is 0 Å². The summed E-state index contributed by atoms with van der Waals surface area (Å²) < 4.78 is 0. The second kappa shape index (κ2) is 3.02. The predicted molar refractivity (Wildman–Crippen MR) is 35.9 cm³/mol. The lowest BCUT2D eigenvalue weighted by molar-refractivity contribution is 1.45. The molecule has 0 saturated heterocycles. The third-order valence-electron chi connectivity index (χ3n) is 0.547. The molecule has 3 N–H and O–H groups in total. The fourth-order valence-electron chi connectivity index (χ4n) is 0.232. The Kier molecular flexibility index (Phi) is 2.62. The molecule has 0 aliphatic rings. The molecule has 0 unspecified atom stereocenters. The summed E-state index contributed by atoms with van der Waals surface area (Å²) in [6, 6.07) is 0. The Hall–Kier alpha value is -1.05. The van der Waals surface area contributed by atoms with Crippen molar-refractivity contribution in [3.05, 3.63) is 24.3 Å². The molecule has 2 heteroatoms. The van der Waals surface area contributed by atoms with Gasteiger partial charge in [-0.2, -0.15) is 0 Å². The molecule has 8 heavy (non-hydrogen) atoms. The fraction of sp³-hybridized carbons (Fsp3) is 0.167. The zero-order chi connectivity index (χ0) is 6.57. The summed E-state index contributed by atoms with van der Waals surface area (Å²) >= 11 is 0. The minimum atomic E-state index is 0.0630. The first kappa shape index (κ1) is 6.95. The van der Waals surface area contributed by atoms with Crippen LogP contribution in [0.2, 0.25) is 0 Å². The van der Waals surface area contributed by atoms with E-state index in [-0.39, 0.29) is 5.84 Å². The molecule has 0 aromatic carbocycles. The first-order valence-electron chi connectivity index (χ1n) is 2.30. The molecule has 0 fully saturated rings.